The number of nitrogens with zero attached hydrogens (tertiary/aromatic N) is 2. The Labute approximate surface area is 119 Å². The van der Waals surface area contributed by atoms with Gasteiger partial charge in [0.15, 0.2) is 0 Å². The van der Waals surface area contributed by atoms with Crippen LogP contribution in [0.4, 0.5) is 0 Å². The van der Waals surface area contributed by atoms with Crippen molar-refractivity contribution < 1.29 is 14.3 Å². The van der Waals surface area contributed by atoms with Gasteiger partial charge in [0.25, 0.3) is 5.91 Å². The van der Waals surface area contributed by atoms with E-state index < -0.39 is 0 Å². The minimum absolute atomic E-state index is 0.0200. The summed E-state index contributed by atoms with van der Waals surface area (Å²) in [6, 6.07) is 3.56. The highest BCUT2D eigenvalue weighted by Gasteiger charge is 2.20. The van der Waals surface area contributed by atoms with Crippen molar-refractivity contribution in [3.05, 3.63) is 29.1 Å². The van der Waals surface area contributed by atoms with Gasteiger partial charge in [0.05, 0.1) is 17.9 Å². The molecular weight excluding hydrogens is 256 g/mol. The molecule has 0 bridgehead atoms. The Bertz CT molecular complexity index is 486. The molecule has 1 amide bonds. The zero-order valence-corrected chi connectivity index (χ0v) is 12.6. The number of hydrogen-bond acceptors (Lipinski definition) is 4. The number of esters is 1. The Kier molecular flexibility index (Phi) is 6.15. The van der Waals surface area contributed by atoms with Crippen molar-refractivity contribution in [3.63, 3.8) is 0 Å². The first kappa shape index (κ1) is 16.1. The van der Waals surface area contributed by atoms with Gasteiger partial charge < -0.3 is 9.64 Å². The lowest BCUT2D eigenvalue weighted by Crippen LogP contribution is -2.37. The summed E-state index contributed by atoms with van der Waals surface area (Å²) in [7, 11) is 0. The van der Waals surface area contributed by atoms with Crippen molar-refractivity contribution in [2.45, 2.75) is 34.1 Å². The number of ether oxygens (including phenoxy) is 1. The average molecular weight is 278 g/mol. The minimum atomic E-state index is -0.382. The Morgan fingerprint density at radius 3 is 2.50 bits per heavy atom. The molecule has 5 heteroatoms. The smallest absolute Gasteiger partial charge is 0.325 e. The maximum atomic E-state index is 12.5. The SMILES string of the molecule is CCCN(CC(=O)OCC)C(=O)c1ccc(C)nc1C. The van der Waals surface area contributed by atoms with Crippen molar-refractivity contribution in [2.24, 2.45) is 0 Å². The highest BCUT2D eigenvalue weighted by Crippen LogP contribution is 2.11. The molecule has 0 atom stereocenters. The summed E-state index contributed by atoms with van der Waals surface area (Å²) in [6.45, 7) is 8.21. The third-order valence-corrected chi connectivity index (χ3v) is 2.86. The molecule has 20 heavy (non-hydrogen) atoms. The Morgan fingerprint density at radius 2 is 1.95 bits per heavy atom. The fourth-order valence-corrected chi connectivity index (χ4v) is 1.97. The van der Waals surface area contributed by atoms with Gasteiger partial charge in [-0.15, -0.1) is 0 Å². The van der Waals surface area contributed by atoms with Gasteiger partial charge >= 0.3 is 5.97 Å². The largest absolute Gasteiger partial charge is 0.465 e. The van der Waals surface area contributed by atoms with Crippen LogP contribution in [0.1, 0.15) is 42.0 Å². The summed E-state index contributed by atoms with van der Waals surface area (Å²) < 4.78 is 4.91. The summed E-state index contributed by atoms with van der Waals surface area (Å²) in [5, 5.41) is 0. The first-order valence-electron chi connectivity index (χ1n) is 6.88. The molecule has 0 fully saturated rings. The molecule has 0 aromatic carbocycles. The molecule has 0 aliphatic heterocycles. The van der Waals surface area contributed by atoms with E-state index in [1.807, 2.05) is 13.8 Å². The molecular formula is C15H22N2O3. The predicted molar refractivity (Wildman–Crippen MR) is 76.5 cm³/mol. The van der Waals surface area contributed by atoms with E-state index in [2.05, 4.69) is 4.98 Å². The summed E-state index contributed by atoms with van der Waals surface area (Å²) in [6.07, 6.45) is 0.781. The number of carbonyl (C=O) groups excluding carboxylic acids is 2. The van der Waals surface area contributed by atoms with E-state index in [-0.39, 0.29) is 18.4 Å². The van der Waals surface area contributed by atoms with Gasteiger partial charge in [-0.1, -0.05) is 6.92 Å². The number of aryl methyl sites for hydroxylation is 2. The maximum absolute atomic E-state index is 12.5. The summed E-state index contributed by atoms with van der Waals surface area (Å²) in [5.41, 5.74) is 2.08. The van der Waals surface area contributed by atoms with Crippen LogP contribution < -0.4 is 0 Å². The first-order chi connectivity index (χ1) is 9.49. The Balaban J connectivity index is 2.90. The van der Waals surface area contributed by atoms with E-state index in [9.17, 15) is 9.59 Å². The van der Waals surface area contributed by atoms with Crippen LogP contribution in [0.15, 0.2) is 12.1 Å². The molecule has 1 heterocycles. The van der Waals surface area contributed by atoms with Crippen molar-refractivity contribution in [3.8, 4) is 0 Å². The fourth-order valence-electron chi connectivity index (χ4n) is 1.97. The summed E-state index contributed by atoms with van der Waals surface area (Å²) in [4.78, 5) is 29.9. The first-order valence-corrected chi connectivity index (χ1v) is 6.88. The highest BCUT2D eigenvalue weighted by atomic mass is 16.5. The van der Waals surface area contributed by atoms with Gasteiger partial charge in [-0.25, -0.2) is 0 Å². The normalized spacial score (nSPS) is 10.2. The van der Waals surface area contributed by atoms with E-state index in [0.717, 1.165) is 12.1 Å². The van der Waals surface area contributed by atoms with E-state index in [1.165, 1.54) is 4.90 Å². The molecule has 5 nitrogen and oxygen atoms in total. The molecule has 110 valence electrons. The van der Waals surface area contributed by atoms with Crippen LogP contribution in [0.25, 0.3) is 0 Å². The number of pyridine rings is 1. The molecule has 0 saturated heterocycles. The number of amides is 1. The van der Waals surface area contributed by atoms with Crippen LogP contribution in [0, 0.1) is 13.8 Å². The molecule has 0 N–H and O–H groups in total. The van der Waals surface area contributed by atoms with Crippen LogP contribution >= 0.6 is 0 Å². The van der Waals surface area contributed by atoms with Crippen molar-refractivity contribution >= 4 is 11.9 Å². The van der Waals surface area contributed by atoms with Crippen LogP contribution in [0.3, 0.4) is 0 Å². The Hall–Kier alpha value is -1.91. The van der Waals surface area contributed by atoms with E-state index in [0.29, 0.717) is 24.4 Å². The van der Waals surface area contributed by atoms with E-state index >= 15 is 0 Å². The van der Waals surface area contributed by atoms with Crippen molar-refractivity contribution in [2.75, 3.05) is 19.7 Å². The molecule has 0 unspecified atom stereocenters. The monoisotopic (exact) mass is 278 g/mol. The quantitative estimate of drug-likeness (QED) is 0.748. The molecule has 1 aromatic heterocycles. The van der Waals surface area contributed by atoms with Crippen LogP contribution in [0.2, 0.25) is 0 Å². The van der Waals surface area contributed by atoms with Gasteiger partial charge in [-0.05, 0) is 39.3 Å². The zero-order chi connectivity index (χ0) is 15.1. The molecule has 0 aliphatic rings. The van der Waals surface area contributed by atoms with Gasteiger partial charge in [0, 0.05) is 12.2 Å². The van der Waals surface area contributed by atoms with E-state index in [1.54, 1.807) is 26.0 Å². The number of aromatic nitrogens is 1. The lowest BCUT2D eigenvalue weighted by molar-refractivity contribution is -0.143. The average Bonchev–Trinajstić information content (AvgIpc) is 2.38. The zero-order valence-electron chi connectivity index (χ0n) is 12.6. The topological polar surface area (TPSA) is 59.5 Å². The van der Waals surface area contributed by atoms with E-state index in [4.69, 9.17) is 4.74 Å². The van der Waals surface area contributed by atoms with Crippen LogP contribution in [-0.4, -0.2) is 41.5 Å². The second kappa shape index (κ2) is 7.62. The standard InChI is InChI=1S/C15H22N2O3/c1-5-9-17(10-14(18)20-6-2)15(19)13-8-7-11(3)16-12(13)4/h7-8H,5-6,9-10H2,1-4H3. The van der Waals surface area contributed by atoms with Gasteiger partial charge in [-0.3, -0.25) is 14.6 Å². The van der Waals surface area contributed by atoms with Gasteiger partial charge in [0.2, 0.25) is 0 Å². The van der Waals surface area contributed by atoms with Crippen molar-refractivity contribution in [1.29, 1.82) is 0 Å². The second-order valence-corrected chi connectivity index (χ2v) is 4.62. The minimum Gasteiger partial charge on any atom is -0.465 e. The fraction of sp³-hybridized carbons (Fsp3) is 0.533. The number of hydrogen-bond donors (Lipinski definition) is 0. The lowest BCUT2D eigenvalue weighted by atomic mass is 10.1. The third kappa shape index (κ3) is 4.33. The van der Waals surface area contributed by atoms with Crippen LogP contribution in [-0.2, 0) is 9.53 Å². The third-order valence-electron chi connectivity index (χ3n) is 2.86. The molecule has 0 radical (unpaired) electrons. The van der Waals surface area contributed by atoms with Gasteiger partial charge in [-0.2, -0.15) is 0 Å². The van der Waals surface area contributed by atoms with Crippen molar-refractivity contribution in [1.82, 2.24) is 9.88 Å². The second-order valence-electron chi connectivity index (χ2n) is 4.62. The van der Waals surface area contributed by atoms with Gasteiger partial charge in [0.1, 0.15) is 6.54 Å². The lowest BCUT2D eigenvalue weighted by Gasteiger charge is -2.21. The molecule has 0 saturated carbocycles. The summed E-state index contributed by atoms with van der Waals surface area (Å²) >= 11 is 0. The maximum Gasteiger partial charge on any atom is 0.325 e. The molecule has 1 aromatic rings. The van der Waals surface area contributed by atoms with Crippen LogP contribution in [0.5, 0.6) is 0 Å². The number of carbonyl (C=O) groups is 2. The predicted octanol–water partition coefficient (Wildman–Crippen LogP) is 2.11. The molecule has 0 spiro atoms. The highest BCUT2D eigenvalue weighted by molar-refractivity contribution is 5.96. The summed E-state index contributed by atoms with van der Waals surface area (Å²) in [5.74, 6) is -0.558. The molecule has 1 rings (SSSR count). The Morgan fingerprint density at radius 1 is 1.25 bits per heavy atom. The number of rotatable bonds is 6. The molecule has 0 aliphatic carbocycles.